The number of imidazole rings is 1. The summed E-state index contributed by atoms with van der Waals surface area (Å²) in [4.78, 5) is 4.68. The molecule has 132 valence electrons. The molecule has 3 rings (SSSR count). The first kappa shape index (κ1) is 17.2. The number of hydrogen-bond acceptors (Lipinski definition) is 3. The number of aromatic nitrogens is 4. The first-order valence-electron chi connectivity index (χ1n) is 9.09. The van der Waals surface area contributed by atoms with Crippen molar-refractivity contribution < 1.29 is 4.74 Å². The Balaban J connectivity index is 1.84. The molecule has 5 heteroatoms. The van der Waals surface area contributed by atoms with Crippen LogP contribution in [-0.2, 0) is 17.8 Å². The van der Waals surface area contributed by atoms with E-state index >= 15 is 0 Å². The second kappa shape index (κ2) is 6.71. The number of ether oxygens (including phenoxy) is 1. The molecule has 1 aliphatic heterocycles. The fraction of sp³-hybridized carbons (Fsp3) is 0.684. The largest absolute Gasteiger partial charge is 0.376 e. The van der Waals surface area contributed by atoms with Gasteiger partial charge < -0.3 is 9.30 Å². The maximum atomic E-state index is 5.87. The molecule has 3 heterocycles. The quantitative estimate of drug-likeness (QED) is 0.837. The fourth-order valence-electron chi connectivity index (χ4n) is 3.83. The zero-order chi connectivity index (χ0) is 17.3. The summed E-state index contributed by atoms with van der Waals surface area (Å²) < 4.78 is 10.3. The van der Waals surface area contributed by atoms with Gasteiger partial charge in [-0.1, -0.05) is 6.92 Å². The monoisotopic (exact) mass is 330 g/mol. The first-order chi connectivity index (χ1) is 11.4. The van der Waals surface area contributed by atoms with Crippen LogP contribution in [0, 0.1) is 13.8 Å². The molecule has 5 nitrogen and oxygen atoms in total. The van der Waals surface area contributed by atoms with E-state index in [0.29, 0.717) is 5.92 Å². The minimum absolute atomic E-state index is 0.0580. The van der Waals surface area contributed by atoms with Crippen LogP contribution in [0.2, 0.25) is 0 Å². The molecule has 0 aliphatic carbocycles. The highest BCUT2D eigenvalue weighted by atomic mass is 16.5. The Morgan fingerprint density at radius 3 is 2.83 bits per heavy atom. The standard InChI is InChI=1S/C19H30N4O/c1-6-9-23-15(3)17(14(2)21-23)13-22-10-8-20-18(22)16-7-11-24-19(4,5)12-16/h8,10,16H,6-7,9,11-13H2,1-5H3. The van der Waals surface area contributed by atoms with Crippen molar-refractivity contribution in [3.05, 3.63) is 35.2 Å². The van der Waals surface area contributed by atoms with Gasteiger partial charge in [0.05, 0.1) is 17.8 Å². The Hall–Kier alpha value is -1.62. The van der Waals surface area contributed by atoms with Gasteiger partial charge in [-0.15, -0.1) is 0 Å². The van der Waals surface area contributed by atoms with Gasteiger partial charge in [0.2, 0.25) is 0 Å². The first-order valence-corrected chi connectivity index (χ1v) is 9.09. The Morgan fingerprint density at radius 1 is 1.33 bits per heavy atom. The molecule has 0 N–H and O–H groups in total. The lowest BCUT2D eigenvalue weighted by Crippen LogP contribution is -2.34. The number of nitrogens with zero attached hydrogens (tertiary/aromatic N) is 4. The van der Waals surface area contributed by atoms with Crippen molar-refractivity contribution in [1.29, 1.82) is 0 Å². The van der Waals surface area contributed by atoms with Gasteiger partial charge in [0.25, 0.3) is 0 Å². The summed E-state index contributed by atoms with van der Waals surface area (Å²) in [7, 11) is 0. The van der Waals surface area contributed by atoms with Crippen LogP contribution in [-0.4, -0.2) is 31.5 Å². The van der Waals surface area contributed by atoms with Crippen molar-refractivity contribution in [2.24, 2.45) is 0 Å². The minimum atomic E-state index is -0.0580. The number of hydrogen-bond donors (Lipinski definition) is 0. The van der Waals surface area contributed by atoms with E-state index in [-0.39, 0.29) is 5.60 Å². The van der Waals surface area contributed by atoms with E-state index in [1.54, 1.807) is 0 Å². The minimum Gasteiger partial charge on any atom is -0.376 e. The SMILES string of the molecule is CCCn1nc(C)c(Cn2ccnc2C2CCOC(C)(C)C2)c1C. The lowest BCUT2D eigenvalue weighted by Gasteiger charge is -2.35. The molecule has 0 aromatic carbocycles. The molecule has 2 aromatic heterocycles. The van der Waals surface area contributed by atoms with Gasteiger partial charge in [0.1, 0.15) is 5.82 Å². The predicted octanol–water partition coefficient (Wildman–Crippen LogP) is 3.83. The van der Waals surface area contributed by atoms with Crippen molar-refractivity contribution in [2.45, 2.75) is 78.5 Å². The van der Waals surface area contributed by atoms with E-state index in [4.69, 9.17) is 9.84 Å². The zero-order valence-electron chi connectivity index (χ0n) is 15.7. The van der Waals surface area contributed by atoms with Crippen LogP contribution >= 0.6 is 0 Å². The summed E-state index contributed by atoms with van der Waals surface area (Å²) in [6.07, 6.45) is 7.21. The Kier molecular flexibility index (Phi) is 4.81. The lowest BCUT2D eigenvalue weighted by molar-refractivity contribution is -0.0606. The summed E-state index contributed by atoms with van der Waals surface area (Å²) in [5.41, 5.74) is 3.68. The zero-order valence-corrected chi connectivity index (χ0v) is 15.7. The number of rotatable bonds is 5. The third-order valence-corrected chi connectivity index (χ3v) is 5.11. The average molecular weight is 330 g/mol. The molecule has 24 heavy (non-hydrogen) atoms. The van der Waals surface area contributed by atoms with Crippen molar-refractivity contribution in [3.8, 4) is 0 Å². The Bertz CT molecular complexity index is 698. The van der Waals surface area contributed by atoms with E-state index in [1.165, 1.54) is 17.1 Å². The van der Waals surface area contributed by atoms with Gasteiger partial charge >= 0.3 is 0 Å². The lowest BCUT2D eigenvalue weighted by atomic mass is 9.88. The highest BCUT2D eigenvalue weighted by molar-refractivity contribution is 5.25. The molecular formula is C19H30N4O. The predicted molar refractivity (Wildman–Crippen MR) is 95.3 cm³/mol. The molecule has 1 unspecified atom stereocenters. The maximum Gasteiger partial charge on any atom is 0.112 e. The van der Waals surface area contributed by atoms with E-state index in [2.05, 4.69) is 55.0 Å². The summed E-state index contributed by atoms with van der Waals surface area (Å²) in [6.45, 7) is 13.5. The van der Waals surface area contributed by atoms with Crippen LogP contribution in [0.25, 0.3) is 0 Å². The summed E-state index contributed by atoms with van der Waals surface area (Å²) in [5.74, 6) is 1.66. The van der Waals surface area contributed by atoms with E-state index < -0.39 is 0 Å². The molecule has 1 aliphatic rings. The molecule has 2 aromatic rings. The smallest absolute Gasteiger partial charge is 0.112 e. The highest BCUT2D eigenvalue weighted by Gasteiger charge is 2.32. The Labute approximate surface area is 145 Å². The van der Waals surface area contributed by atoms with Gasteiger partial charge in [-0.25, -0.2) is 4.98 Å². The van der Waals surface area contributed by atoms with Crippen molar-refractivity contribution in [3.63, 3.8) is 0 Å². The topological polar surface area (TPSA) is 44.9 Å². The van der Waals surface area contributed by atoms with Crippen LogP contribution in [0.3, 0.4) is 0 Å². The van der Waals surface area contributed by atoms with Gasteiger partial charge in [-0.3, -0.25) is 4.68 Å². The van der Waals surface area contributed by atoms with Crippen LogP contribution in [0.1, 0.15) is 68.7 Å². The second-order valence-electron chi connectivity index (χ2n) is 7.58. The van der Waals surface area contributed by atoms with Crippen LogP contribution in [0.4, 0.5) is 0 Å². The molecule has 0 spiro atoms. The van der Waals surface area contributed by atoms with Gasteiger partial charge in [-0.05, 0) is 47.0 Å². The fourth-order valence-corrected chi connectivity index (χ4v) is 3.83. The summed E-state index contributed by atoms with van der Waals surface area (Å²) in [5, 5.41) is 4.71. The van der Waals surface area contributed by atoms with E-state index in [1.807, 2.05) is 6.20 Å². The molecule has 0 radical (unpaired) electrons. The Morgan fingerprint density at radius 2 is 2.12 bits per heavy atom. The van der Waals surface area contributed by atoms with Crippen LogP contribution in [0.15, 0.2) is 12.4 Å². The van der Waals surface area contributed by atoms with E-state index in [9.17, 15) is 0 Å². The normalized spacial score (nSPS) is 20.5. The van der Waals surface area contributed by atoms with Gasteiger partial charge in [0.15, 0.2) is 0 Å². The van der Waals surface area contributed by atoms with E-state index in [0.717, 1.165) is 44.7 Å². The van der Waals surface area contributed by atoms with Gasteiger partial charge in [0, 0.05) is 42.7 Å². The molecule has 0 saturated carbocycles. The van der Waals surface area contributed by atoms with Crippen molar-refractivity contribution in [2.75, 3.05) is 6.61 Å². The second-order valence-corrected chi connectivity index (χ2v) is 7.58. The van der Waals surface area contributed by atoms with Crippen molar-refractivity contribution >= 4 is 0 Å². The van der Waals surface area contributed by atoms with Crippen LogP contribution in [0.5, 0.6) is 0 Å². The average Bonchev–Trinajstić information content (AvgIpc) is 3.07. The summed E-state index contributed by atoms with van der Waals surface area (Å²) in [6, 6.07) is 0. The molecule has 1 fully saturated rings. The summed E-state index contributed by atoms with van der Waals surface area (Å²) >= 11 is 0. The van der Waals surface area contributed by atoms with Crippen LogP contribution < -0.4 is 0 Å². The molecule has 1 atom stereocenters. The third kappa shape index (κ3) is 3.41. The molecule has 0 amide bonds. The third-order valence-electron chi connectivity index (χ3n) is 5.11. The highest BCUT2D eigenvalue weighted by Crippen LogP contribution is 2.35. The maximum absolute atomic E-state index is 5.87. The van der Waals surface area contributed by atoms with Gasteiger partial charge in [-0.2, -0.15) is 5.10 Å². The molecular weight excluding hydrogens is 300 g/mol. The van der Waals surface area contributed by atoms with Crippen molar-refractivity contribution in [1.82, 2.24) is 19.3 Å². The molecule has 0 bridgehead atoms. The number of aryl methyl sites for hydroxylation is 2. The molecule has 1 saturated heterocycles.